The van der Waals surface area contributed by atoms with Gasteiger partial charge in [-0.1, -0.05) is 53.2 Å². The second-order valence-corrected chi connectivity index (χ2v) is 23.5. The Morgan fingerprint density at radius 2 is 1.29 bits per heavy atom. The second kappa shape index (κ2) is 19.5. The Morgan fingerprint density at radius 1 is 0.721 bits per heavy atom. The number of aliphatic hydroxyl groups is 12. The third kappa shape index (κ3) is 9.11. The Kier molecular flexibility index (Phi) is 15.6. The van der Waals surface area contributed by atoms with Crippen LogP contribution in [0.3, 0.4) is 0 Å². The number of carbonyl (C=O) groups is 1. The highest BCUT2D eigenvalue weighted by Gasteiger charge is 2.72. The first-order chi connectivity index (χ1) is 31.5. The average molecular weight is 975 g/mol. The number of hydrogen-bond donors (Lipinski definition) is 12. The zero-order valence-corrected chi connectivity index (χ0v) is 41.1. The van der Waals surface area contributed by atoms with E-state index in [0.29, 0.717) is 25.7 Å². The normalized spacial score (nSPS) is 49.8. The van der Waals surface area contributed by atoms with Crippen LogP contribution in [0.1, 0.15) is 114 Å². The van der Waals surface area contributed by atoms with Crippen LogP contribution in [0, 0.1) is 45.3 Å². The lowest BCUT2D eigenvalue weighted by Gasteiger charge is -2.65. The van der Waals surface area contributed by atoms with E-state index in [1.807, 2.05) is 0 Å². The van der Waals surface area contributed by atoms with Crippen LogP contribution < -0.4 is 0 Å². The molecule has 4 aliphatic carbocycles. The number of fused-ring (bicyclic) bond motifs is 5. The van der Waals surface area contributed by atoms with Crippen LogP contribution in [-0.4, -0.2) is 196 Å². The van der Waals surface area contributed by atoms with Crippen LogP contribution in [0.5, 0.6) is 0 Å². The van der Waals surface area contributed by atoms with E-state index in [1.165, 1.54) is 13.8 Å². The van der Waals surface area contributed by atoms with Crippen LogP contribution >= 0.6 is 0 Å². The van der Waals surface area contributed by atoms with E-state index in [0.717, 1.165) is 12.0 Å². The van der Waals surface area contributed by atoms with Crippen molar-refractivity contribution >= 4 is 5.78 Å². The van der Waals surface area contributed by atoms with E-state index in [9.17, 15) is 61.3 Å². The molecule has 3 saturated heterocycles. The number of carbonyl (C=O) groups excluding carboxylic acids is 1. The summed E-state index contributed by atoms with van der Waals surface area (Å²) in [6, 6.07) is 0. The van der Waals surface area contributed by atoms with Crippen LogP contribution in [0.4, 0.5) is 0 Å². The summed E-state index contributed by atoms with van der Waals surface area (Å²) in [6.45, 7) is 15.5. The van der Waals surface area contributed by atoms with Crippen molar-refractivity contribution in [2.75, 3.05) is 19.8 Å². The van der Waals surface area contributed by atoms with Gasteiger partial charge in [0.2, 0.25) is 0 Å². The molecule has 3 aliphatic heterocycles. The molecule has 24 atom stereocenters. The van der Waals surface area contributed by atoms with Crippen molar-refractivity contribution in [1.29, 1.82) is 0 Å². The molecule has 6 fully saturated rings. The molecule has 7 aliphatic rings. The smallest absolute Gasteiger partial charge is 0.187 e. The SMILES string of the molecule is C[C@H]1[C@H](O)[C@@H](O)[C@H](OC[C@H]2O[C@@H](O[C@H](CC[C@](C)(O)[C@H]3CC[C@@]4(C)[C@@H]5CC=C6[C@@H](CC[C@H](O[C@@H]7O[C@H](CO)[C@@H](O)[C@H](O)[C@H]7O)C6(C)C)[C@]5(C)C(=O)C[C@]34C)C(C)(C)O)[C@H](O)[C@@H](O)[C@@H]2O)O[C@@H]1CO. The van der Waals surface area contributed by atoms with Gasteiger partial charge in [-0.05, 0) is 94.3 Å². The fraction of sp³-hybridized carbons (Fsp3) is 0.939. The summed E-state index contributed by atoms with van der Waals surface area (Å²) in [5.74, 6) is -0.960. The van der Waals surface area contributed by atoms with Crippen LogP contribution in [0.2, 0.25) is 0 Å². The summed E-state index contributed by atoms with van der Waals surface area (Å²) >= 11 is 0. The second-order valence-electron chi connectivity index (χ2n) is 23.5. The zero-order chi connectivity index (χ0) is 50.4. The van der Waals surface area contributed by atoms with Crippen LogP contribution in [0.25, 0.3) is 0 Å². The molecule has 0 bridgehead atoms. The molecule has 0 aromatic rings. The average Bonchev–Trinajstić information content (AvgIpc) is 3.55. The monoisotopic (exact) mass is 975 g/mol. The summed E-state index contributed by atoms with van der Waals surface area (Å²) in [5.41, 5.74) is -4.15. The highest BCUT2D eigenvalue weighted by atomic mass is 16.7. The minimum Gasteiger partial charge on any atom is -0.394 e. The first kappa shape index (κ1) is 54.5. The fourth-order valence-electron chi connectivity index (χ4n) is 14.1. The predicted molar refractivity (Wildman–Crippen MR) is 239 cm³/mol. The number of ketones is 1. The minimum absolute atomic E-state index is 0.0525. The number of hydrogen-bond acceptors (Lipinski definition) is 19. The van der Waals surface area contributed by atoms with E-state index >= 15 is 4.79 Å². The Balaban J connectivity index is 1.04. The molecule has 0 unspecified atom stereocenters. The fourth-order valence-corrected chi connectivity index (χ4v) is 14.1. The highest BCUT2D eigenvalue weighted by Crippen LogP contribution is 2.74. The molecule has 3 heterocycles. The van der Waals surface area contributed by atoms with E-state index < -0.39 is 151 Å². The van der Waals surface area contributed by atoms with Gasteiger partial charge in [0.25, 0.3) is 0 Å². The first-order valence-electron chi connectivity index (χ1n) is 24.7. The third-order valence-corrected chi connectivity index (χ3v) is 18.8. The first-order valence-corrected chi connectivity index (χ1v) is 24.7. The zero-order valence-electron chi connectivity index (χ0n) is 41.1. The summed E-state index contributed by atoms with van der Waals surface area (Å²) in [6.07, 6.45) is -15.8. The molecule has 3 saturated carbocycles. The van der Waals surface area contributed by atoms with Crippen molar-refractivity contribution in [2.45, 2.75) is 223 Å². The number of Topliss-reactive ketones (excluding diaryl/α,β-unsaturated/α-hetero) is 1. The van der Waals surface area contributed by atoms with E-state index in [-0.39, 0.29) is 48.2 Å². The van der Waals surface area contributed by atoms with Crippen molar-refractivity contribution in [2.24, 2.45) is 45.3 Å². The van der Waals surface area contributed by atoms with Gasteiger partial charge in [-0.2, -0.15) is 0 Å². The standard InChI is InChI=1S/C49H82O19/c1-22-25(19-50)64-41(38(58)33(22)53)63-21-27-35(55)37(57)40(60)43(66-27)68-32(45(4,5)61)15-17-48(8,62)28-14-16-46(6)29-12-10-23-24(49(29,9)30(52)18-47(28,46)7)11-13-31(44(23,2)3)67-42-39(59)36(56)34(54)26(20-51)65-42/h10,22,24-29,31-43,50-51,53-62H,11-21H2,1-9H3/t22-,24-,25-,26-,27-,28+,29+,31+,32-,33+,34-,35-,36+,37+,38-,39-,40-,41-,42+,43+,46+,47-,48+,49+/m1/s1. The van der Waals surface area contributed by atoms with Gasteiger partial charge in [0.1, 0.15) is 60.7 Å². The Labute approximate surface area is 399 Å². The summed E-state index contributed by atoms with van der Waals surface area (Å²) in [5, 5.41) is 129. The number of aliphatic hydroxyl groups excluding tert-OH is 10. The van der Waals surface area contributed by atoms with Gasteiger partial charge in [0.15, 0.2) is 18.9 Å². The molecule has 68 heavy (non-hydrogen) atoms. The predicted octanol–water partition coefficient (Wildman–Crippen LogP) is -0.458. The highest BCUT2D eigenvalue weighted by molar-refractivity contribution is 5.88. The van der Waals surface area contributed by atoms with Crippen molar-refractivity contribution < 1.29 is 94.5 Å². The summed E-state index contributed by atoms with van der Waals surface area (Å²) in [4.78, 5) is 15.0. The number of rotatable bonds is 14. The summed E-state index contributed by atoms with van der Waals surface area (Å²) < 4.78 is 35.5. The van der Waals surface area contributed by atoms with Gasteiger partial charge < -0.3 is 89.7 Å². The lowest BCUT2D eigenvalue weighted by molar-refractivity contribution is -0.339. The van der Waals surface area contributed by atoms with Crippen molar-refractivity contribution in [3.05, 3.63) is 11.6 Å². The quantitative estimate of drug-likeness (QED) is 0.0981. The van der Waals surface area contributed by atoms with Gasteiger partial charge in [-0.25, -0.2) is 0 Å². The Bertz CT molecular complexity index is 1800. The van der Waals surface area contributed by atoms with E-state index in [2.05, 4.69) is 40.7 Å². The van der Waals surface area contributed by atoms with Crippen molar-refractivity contribution in [1.82, 2.24) is 0 Å². The molecule has 0 aromatic carbocycles. The summed E-state index contributed by atoms with van der Waals surface area (Å²) in [7, 11) is 0. The molecule has 392 valence electrons. The topological polar surface area (TPSA) is 315 Å². The molecule has 19 heteroatoms. The van der Waals surface area contributed by atoms with Crippen LogP contribution in [-0.2, 0) is 33.2 Å². The third-order valence-electron chi connectivity index (χ3n) is 18.8. The van der Waals surface area contributed by atoms with Gasteiger partial charge >= 0.3 is 0 Å². The van der Waals surface area contributed by atoms with Crippen molar-refractivity contribution in [3.63, 3.8) is 0 Å². The Morgan fingerprint density at radius 3 is 1.91 bits per heavy atom. The van der Waals surface area contributed by atoms with Crippen molar-refractivity contribution in [3.8, 4) is 0 Å². The van der Waals surface area contributed by atoms with E-state index in [1.54, 1.807) is 13.8 Å². The molecule has 0 amide bonds. The van der Waals surface area contributed by atoms with Crippen LogP contribution in [0.15, 0.2) is 11.6 Å². The molecule has 0 spiro atoms. The lowest BCUT2D eigenvalue weighted by Crippen LogP contribution is -2.64. The molecular weight excluding hydrogens is 893 g/mol. The van der Waals surface area contributed by atoms with E-state index in [4.69, 9.17) is 28.4 Å². The Hall–Kier alpha value is -1.31. The number of ether oxygens (including phenoxy) is 6. The lowest BCUT2D eigenvalue weighted by atomic mass is 9.38. The molecule has 0 aromatic heterocycles. The minimum atomic E-state index is -1.77. The van der Waals surface area contributed by atoms with Gasteiger partial charge in [-0.3, -0.25) is 4.79 Å². The largest absolute Gasteiger partial charge is 0.394 e. The molecule has 0 radical (unpaired) electrons. The van der Waals surface area contributed by atoms with Gasteiger partial charge in [0.05, 0.1) is 55.4 Å². The maximum Gasteiger partial charge on any atom is 0.187 e. The van der Waals surface area contributed by atoms with Gasteiger partial charge in [-0.15, -0.1) is 0 Å². The number of allylic oxidation sites excluding steroid dienone is 1. The molecule has 7 rings (SSSR count). The molecule has 12 N–H and O–H groups in total. The maximum atomic E-state index is 15.0. The maximum absolute atomic E-state index is 15.0. The molecular formula is C49H82O19. The van der Waals surface area contributed by atoms with Gasteiger partial charge in [0, 0.05) is 23.2 Å². The molecule has 19 nitrogen and oxygen atoms in total.